The van der Waals surface area contributed by atoms with Crippen LogP contribution in [0.2, 0.25) is 0 Å². The van der Waals surface area contributed by atoms with Crippen LogP contribution in [0.1, 0.15) is 13.8 Å². The first kappa shape index (κ1) is 7.84. The number of alkyl halides is 1. The van der Waals surface area contributed by atoms with Gasteiger partial charge in [0, 0.05) is 0 Å². The topological polar surface area (TPSA) is 43.1 Å². The molecule has 0 aliphatic rings. The predicted octanol–water partition coefficient (Wildman–Crippen LogP) is 0.780. The van der Waals surface area contributed by atoms with Crippen molar-refractivity contribution in [3.05, 3.63) is 0 Å². The fourth-order valence-corrected chi connectivity index (χ4v) is 0. The SMILES string of the molecule is CC(C)(I)[S@@](N)=O. The molecule has 2 nitrogen and oxygen atoms in total. The summed E-state index contributed by atoms with van der Waals surface area (Å²) in [5, 5.41) is 5.03. The number of hydrogen-bond acceptors (Lipinski definition) is 1. The van der Waals surface area contributed by atoms with Gasteiger partial charge in [0.2, 0.25) is 0 Å². The summed E-state index contributed by atoms with van der Waals surface area (Å²) in [5.41, 5.74) is 0. The van der Waals surface area contributed by atoms with E-state index in [4.69, 9.17) is 5.14 Å². The molecule has 0 aromatic heterocycles. The fraction of sp³-hybridized carbons (Fsp3) is 1.00. The Balaban J connectivity index is 3.79. The van der Waals surface area contributed by atoms with Crippen molar-refractivity contribution in [3.8, 4) is 0 Å². The third kappa shape index (κ3) is 3.42. The zero-order valence-corrected chi connectivity index (χ0v) is 7.25. The zero-order chi connectivity index (χ0) is 6.08. The van der Waals surface area contributed by atoms with Gasteiger partial charge >= 0.3 is 0 Å². The van der Waals surface area contributed by atoms with E-state index >= 15 is 0 Å². The number of nitrogens with two attached hydrogens (primary N) is 1. The highest BCUT2D eigenvalue weighted by molar-refractivity contribution is 14.1. The van der Waals surface area contributed by atoms with E-state index in [0.29, 0.717) is 0 Å². The summed E-state index contributed by atoms with van der Waals surface area (Å²) in [6, 6.07) is 0. The van der Waals surface area contributed by atoms with Crippen molar-refractivity contribution < 1.29 is 4.21 Å². The molecule has 1 atom stereocenters. The van der Waals surface area contributed by atoms with Crippen LogP contribution in [0.5, 0.6) is 0 Å². The lowest BCUT2D eigenvalue weighted by atomic mass is 10.6. The molecule has 0 radical (unpaired) electrons. The van der Waals surface area contributed by atoms with E-state index in [-0.39, 0.29) is 2.75 Å². The summed E-state index contributed by atoms with van der Waals surface area (Å²) in [5.74, 6) is 0. The minimum absolute atomic E-state index is 0.280. The van der Waals surface area contributed by atoms with Crippen molar-refractivity contribution >= 4 is 33.6 Å². The molecular weight excluding hydrogens is 225 g/mol. The minimum atomic E-state index is -1.20. The van der Waals surface area contributed by atoms with E-state index in [1.165, 1.54) is 0 Å². The molecule has 4 heteroatoms. The Morgan fingerprint density at radius 2 is 1.86 bits per heavy atom. The maximum Gasteiger partial charge on any atom is 0.105 e. The van der Waals surface area contributed by atoms with Gasteiger partial charge in [-0.05, 0) is 13.8 Å². The second-order valence-electron chi connectivity index (χ2n) is 1.66. The molecule has 0 heterocycles. The van der Waals surface area contributed by atoms with E-state index in [0.717, 1.165) is 0 Å². The van der Waals surface area contributed by atoms with Crippen LogP contribution < -0.4 is 5.14 Å². The van der Waals surface area contributed by atoms with Gasteiger partial charge in [0.25, 0.3) is 0 Å². The molecule has 0 amide bonds. The molecule has 0 aliphatic carbocycles. The minimum Gasteiger partial charge on any atom is -0.251 e. The Morgan fingerprint density at radius 1 is 1.71 bits per heavy atom. The summed E-state index contributed by atoms with van der Waals surface area (Å²) in [6.07, 6.45) is 0. The smallest absolute Gasteiger partial charge is 0.105 e. The van der Waals surface area contributed by atoms with Crippen molar-refractivity contribution in [2.24, 2.45) is 5.14 Å². The van der Waals surface area contributed by atoms with Gasteiger partial charge in [-0.25, -0.2) is 4.21 Å². The second kappa shape index (κ2) is 2.41. The van der Waals surface area contributed by atoms with E-state index in [1.54, 1.807) is 0 Å². The lowest BCUT2D eigenvalue weighted by Crippen LogP contribution is -2.23. The van der Waals surface area contributed by atoms with Crippen molar-refractivity contribution in [2.45, 2.75) is 16.6 Å². The summed E-state index contributed by atoms with van der Waals surface area (Å²) in [6.45, 7) is 3.65. The summed E-state index contributed by atoms with van der Waals surface area (Å²) < 4.78 is 10.1. The van der Waals surface area contributed by atoms with E-state index in [1.807, 2.05) is 36.4 Å². The molecule has 0 unspecified atom stereocenters. The van der Waals surface area contributed by atoms with Gasteiger partial charge in [-0.1, -0.05) is 22.6 Å². The average molecular weight is 233 g/mol. The van der Waals surface area contributed by atoms with Gasteiger partial charge < -0.3 is 0 Å². The van der Waals surface area contributed by atoms with Crippen LogP contribution in [0.15, 0.2) is 0 Å². The van der Waals surface area contributed by atoms with E-state index in [2.05, 4.69) is 0 Å². The van der Waals surface area contributed by atoms with Gasteiger partial charge in [-0.2, -0.15) is 0 Å². The molecule has 0 saturated carbocycles. The molecule has 0 spiro atoms. The van der Waals surface area contributed by atoms with Crippen LogP contribution in [0.4, 0.5) is 0 Å². The molecule has 2 N–H and O–H groups in total. The lowest BCUT2D eigenvalue weighted by molar-refractivity contribution is 0.676. The molecule has 0 rings (SSSR count). The van der Waals surface area contributed by atoms with Crippen LogP contribution >= 0.6 is 22.6 Å². The fourth-order valence-electron chi connectivity index (χ4n) is 0. The average Bonchev–Trinajstić information content (AvgIpc) is 1.31. The second-order valence-corrected chi connectivity index (χ2v) is 6.71. The van der Waals surface area contributed by atoms with Gasteiger partial charge in [0.15, 0.2) is 0 Å². The van der Waals surface area contributed by atoms with Crippen molar-refractivity contribution in [1.82, 2.24) is 0 Å². The molecule has 0 aromatic carbocycles. The summed E-state index contributed by atoms with van der Waals surface area (Å²) >= 11 is 2.04. The van der Waals surface area contributed by atoms with Gasteiger partial charge in [-0.15, -0.1) is 0 Å². The zero-order valence-electron chi connectivity index (χ0n) is 4.27. The molecule has 0 bridgehead atoms. The first-order valence-electron chi connectivity index (χ1n) is 1.80. The van der Waals surface area contributed by atoms with Crippen molar-refractivity contribution in [1.29, 1.82) is 0 Å². The number of halogens is 1. The first-order valence-corrected chi connectivity index (χ1v) is 4.09. The number of rotatable bonds is 1. The predicted molar refractivity (Wildman–Crippen MR) is 40.4 cm³/mol. The first-order chi connectivity index (χ1) is 2.94. The standard InChI is InChI=1S/C3H8INOS/c1-3(2,4)7(5)6/h5H2,1-2H3/t7-/m0/s1. The molecule has 0 aromatic rings. The summed E-state index contributed by atoms with van der Waals surface area (Å²) in [7, 11) is -1.20. The van der Waals surface area contributed by atoms with Crippen LogP contribution in [0.25, 0.3) is 0 Å². The highest BCUT2D eigenvalue weighted by Gasteiger charge is 2.16. The lowest BCUT2D eigenvalue weighted by Gasteiger charge is -2.09. The van der Waals surface area contributed by atoms with Gasteiger partial charge in [0.05, 0.1) is 0 Å². The Labute approximate surface area is 59.6 Å². The Morgan fingerprint density at radius 3 is 1.86 bits per heavy atom. The van der Waals surface area contributed by atoms with Crippen LogP contribution in [0.3, 0.4) is 0 Å². The third-order valence-corrected chi connectivity index (χ3v) is 2.74. The van der Waals surface area contributed by atoms with Crippen molar-refractivity contribution in [3.63, 3.8) is 0 Å². The molecule has 0 fully saturated rings. The monoisotopic (exact) mass is 233 g/mol. The Hall–Kier alpha value is 0.840. The normalized spacial score (nSPS) is 16.6. The molecule has 0 aliphatic heterocycles. The van der Waals surface area contributed by atoms with Crippen molar-refractivity contribution in [2.75, 3.05) is 0 Å². The van der Waals surface area contributed by atoms with Gasteiger partial charge in [-0.3, -0.25) is 5.14 Å². The van der Waals surface area contributed by atoms with Crippen LogP contribution in [0, 0.1) is 0 Å². The van der Waals surface area contributed by atoms with Crippen LogP contribution in [-0.2, 0) is 11.0 Å². The largest absolute Gasteiger partial charge is 0.251 e. The van der Waals surface area contributed by atoms with Gasteiger partial charge in [0.1, 0.15) is 13.7 Å². The molecule has 7 heavy (non-hydrogen) atoms. The third-order valence-electron chi connectivity index (χ3n) is 0.478. The van der Waals surface area contributed by atoms with E-state index < -0.39 is 11.0 Å². The summed E-state index contributed by atoms with van der Waals surface area (Å²) in [4.78, 5) is 0. The van der Waals surface area contributed by atoms with Crippen LogP contribution in [-0.4, -0.2) is 6.96 Å². The molecule has 44 valence electrons. The molecule has 0 saturated heterocycles. The molecular formula is C3H8INOS. The van der Waals surface area contributed by atoms with E-state index in [9.17, 15) is 4.21 Å². The Kier molecular flexibility index (Phi) is 2.70. The highest BCUT2D eigenvalue weighted by Crippen LogP contribution is 2.17. The maximum atomic E-state index is 10.3. The quantitative estimate of drug-likeness (QED) is 0.527. The number of hydrogen-bond donors (Lipinski definition) is 1. The Bertz CT molecular complexity index is 87.4. The maximum absolute atomic E-state index is 10.3. The highest BCUT2D eigenvalue weighted by atomic mass is 127.